The number of benzene rings is 2. The molecule has 0 bridgehead atoms. The second kappa shape index (κ2) is 9.20. The van der Waals surface area contributed by atoms with Gasteiger partial charge in [-0.05, 0) is 49.2 Å². The van der Waals surface area contributed by atoms with Crippen LogP contribution >= 0.6 is 0 Å². The van der Waals surface area contributed by atoms with Crippen LogP contribution in [0.1, 0.15) is 32.8 Å². The summed E-state index contributed by atoms with van der Waals surface area (Å²) in [6.45, 7) is 5.99. The Bertz CT molecular complexity index is 1040. The third-order valence-corrected chi connectivity index (χ3v) is 4.30. The first kappa shape index (κ1) is 22.3. The molecule has 9 heteroatoms. The minimum atomic E-state index is -4.47. The summed E-state index contributed by atoms with van der Waals surface area (Å²) >= 11 is 0. The summed E-state index contributed by atoms with van der Waals surface area (Å²) < 4.78 is 46.3. The van der Waals surface area contributed by atoms with Crippen molar-refractivity contribution in [2.45, 2.75) is 33.4 Å². The monoisotopic (exact) mass is 432 g/mol. The van der Waals surface area contributed by atoms with Crippen molar-refractivity contribution in [3.8, 4) is 23.1 Å². The molecule has 1 N–H and O–H groups in total. The summed E-state index contributed by atoms with van der Waals surface area (Å²) in [6.07, 6.45) is -4.07. The number of halogens is 3. The molecule has 0 atom stereocenters. The number of nitrogens with zero attached hydrogens (tertiary/aromatic N) is 3. The van der Waals surface area contributed by atoms with E-state index in [-0.39, 0.29) is 29.2 Å². The molecule has 6 nitrogen and oxygen atoms in total. The number of rotatable bonds is 7. The smallest absolute Gasteiger partial charge is 0.416 e. The van der Waals surface area contributed by atoms with Crippen molar-refractivity contribution in [1.82, 2.24) is 14.8 Å². The van der Waals surface area contributed by atoms with Crippen LogP contribution in [0.15, 0.2) is 48.5 Å². The predicted octanol–water partition coefficient (Wildman–Crippen LogP) is 5.34. The van der Waals surface area contributed by atoms with E-state index in [4.69, 9.17) is 4.74 Å². The number of carbonyl (C=O) groups is 1. The Kier molecular flexibility index (Phi) is 6.62. The van der Waals surface area contributed by atoms with Crippen LogP contribution in [-0.2, 0) is 11.0 Å². The first-order valence-corrected chi connectivity index (χ1v) is 9.85. The van der Waals surface area contributed by atoms with E-state index >= 15 is 0 Å². The van der Waals surface area contributed by atoms with Gasteiger partial charge in [-0.1, -0.05) is 26.0 Å². The maximum atomic E-state index is 13.2. The second-order valence-corrected chi connectivity index (χ2v) is 7.33. The Morgan fingerprint density at radius 3 is 2.48 bits per heavy atom. The Morgan fingerprint density at radius 2 is 1.87 bits per heavy atom. The summed E-state index contributed by atoms with van der Waals surface area (Å²) in [5.74, 6) is 0.361. The van der Waals surface area contributed by atoms with E-state index in [1.54, 1.807) is 31.2 Å². The first-order valence-electron chi connectivity index (χ1n) is 9.85. The van der Waals surface area contributed by atoms with Gasteiger partial charge in [0, 0.05) is 17.7 Å². The van der Waals surface area contributed by atoms with Crippen LogP contribution in [0.3, 0.4) is 0 Å². The molecule has 0 fully saturated rings. The van der Waals surface area contributed by atoms with Gasteiger partial charge in [0.15, 0.2) is 5.82 Å². The van der Waals surface area contributed by atoms with Crippen LogP contribution in [0.2, 0.25) is 0 Å². The number of ether oxygens (including phenoxy) is 1. The maximum Gasteiger partial charge on any atom is 0.416 e. The fourth-order valence-electron chi connectivity index (χ4n) is 2.95. The minimum absolute atomic E-state index is 0.0595. The lowest BCUT2D eigenvalue weighted by atomic mass is 10.1. The average molecular weight is 432 g/mol. The van der Waals surface area contributed by atoms with Gasteiger partial charge in [-0.2, -0.15) is 18.2 Å². The SMILES string of the molecule is CCOc1nc(-c2cccc(C(F)(F)F)c2)n(-c2ccc(NC(=O)CC(C)C)cc2)n1. The predicted molar refractivity (Wildman–Crippen MR) is 111 cm³/mol. The van der Waals surface area contributed by atoms with E-state index in [2.05, 4.69) is 15.4 Å². The third-order valence-electron chi connectivity index (χ3n) is 4.30. The normalized spacial score (nSPS) is 11.6. The van der Waals surface area contributed by atoms with E-state index in [9.17, 15) is 18.0 Å². The van der Waals surface area contributed by atoms with Crippen molar-refractivity contribution >= 4 is 11.6 Å². The zero-order chi connectivity index (χ0) is 22.6. The molecule has 0 saturated carbocycles. The van der Waals surface area contributed by atoms with E-state index in [1.807, 2.05) is 13.8 Å². The number of hydrogen-bond acceptors (Lipinski definition) is 4. The number of anilines is 1. The maximum absolute atomic E-state index is 13.2. The van der Waals surface area contributed by atoms with E-state index < -0.39 is 11.7 Å². The zero-order valence-electron chi connectivity index (χ0n) is 17.4. The fourth-order valence-corrected chi connectivity index (χ4v) is 2.95. The van der Waals surface area contributed by atoms with Crippen LogP contribution in [0.5, 0.6) is 6.01 Å². The van der Waals surface area contributed by atoms with Crippen LogP contribution in [-0.4, -0.2) is 27.3 Å². The third kappa shape index (κ3) is 5.62. The van der Waals surface area contributed by atoms with Gasteiger partial charge in [-0.25, -0.2) is 4.68 Å². The average Bonchev–Trinajstić information content (AvgIpc) is 3.11. The first-order chi connectivity index (χ1) is 14.7. The Hall–Kier alpha value is -3.36. The van der Waals surface area contributed by atoms with Crippen LogP contribution in [0, 0.1) is 5.92 Å². The molecule has 0 saturated heterocycles. The van der Waals surface area contributed by atoms with Crippen molar-refractivity contribution in [3.63, 3.8) is 0 Å². The summed E-state index contributed by atoms with van der Waals surface area (Å²) in [4.78, 5) is 16.2. The minimum Gasteiger partial charge on any atom is -0.463 e. The molecule has 1 heterocycles. The summed E-state index contributed by atoms with van der Waals surface area (Å²) in [6, 6.07) is 11.7. The number of nitrogens with one attached hydrogen (secondary N) is 1. The van der Waals surface area contributed by atoms with Gasteiger partial charge in [-0.15, -0.1) is 5.10 Å². The molecule has 1 aromatic heterocycles. The van der Waals surface area contributed by atoms with Crippen LogP contribution in [0.25, 0.3) is 17.1 Å². The van der Waals surface area contributed by atoms with Gasteiger partial charge < -0.3 is 10.1 Å². The van der Waals surface area contributed by atoms with Crippen molar-refractivity contribution in [2.75, 3.05) is 11.9 Å². The van der Waals surface area contributed by atoms with Crippen molar-refractivity contribution in [1.29, 1.82) is 0 Å². The fraction of sp³-hybridized carbons (Fsp3) is 0.318. The Labute approximate surface area is 178 Å². The quantitative estimate of drug-likeness (QED) is 0.547. The lowest BCUT2D eigenvalue weighted by Gasteiger charge is -2.11. The van der Waals surface area contributed by atoms with Crippen molar-refractivity contribution in [2.24, 2.45) is 5.92 Å². The molecular formula is C22H23F3N4O2. The molecule has 0 aliphatic rings. The molecule has 0 radical (unpaired) electrons. The highest BCUT2D eigenvalue weighted by Crippen LogP contribution is 2.33. The molecule has 2 aromatic carbocycles. The Morgan fingerprint density at radius 1 is 1.16 bits per heavy atom. The lowest BCUT2D eigenvalue weighted by molar-refractivity contribution is -0.137. The molecule has 0 aliphatic heterocycles. The molecule has 1 amide bonds. The summed E-state index contributed by atoms with van der Waals surface area (Å²) in [5.41, 5.74) is 0.649. The van der Waals surface area contributed by atoms with E-state index in [1.165, 1.54) is 16.8 Å². The van der Waals surface area contributed by atoms with Gasteiger partial charge in [-0.3, -0.25) is 4.79 Å². The topological polar surface area (TPSA) is 69.0 Å². The van der Waals surface area contributed by atoms with E-state index in [0.29, 0.717) is 24.4 Å². The van der Waals surface area contributed by atoms with Gasteiger partial charge >= 0.3 is 12.2 Å². The molecule has 31 heavy (non-hydrogen) atoms. The number of carbonyl (C=O) groups excluding carboxylic acids is 1. The molecular weight excluding hydrogens is 409 g/mol. The highest BCUT2D eigenvalue weighted by Gasteiger charge is 2.31. The summed E-state index contributed by atoms with van der Waals surface area (Å²) in [7, 11) is 0. The number of amides is 1. The van der Waals surface area contributed by atoms with E-state index in [0.717, 1.165) is 12.1 Å². The number of aromatic nitrogens is 3. The van der Waals surface area contributed by atoms with Crippen molar-refractivity contribution in [3.05, 3.63) is 54.1 Å². The highest BCUT2D eigenvalue weighted by atomic mass is 19.4. The van der Waals surface area contributed by atoms with Gasteiger partial charge in [0.2, 0.25) is 5.91 Å². The molecule has 3 rings (SSSR count). The van der Waals surface area contributed by atoms with Crippen LogP contribution in [0.4, 0.5) is 18.9 Å². The van der Waals surface area contributed by atoms with Gasteiger partial charge in [0.05, 0.1) is 17.9 Å². The highest BCUT2D eigenvalue weighted by molar-refractivity contribution is 5.90. The van der Waals surface area contributed by atoms with Gasteiger partial charge in [0.25, 0.3) is 0 Å². The molecule has 0 spiro atoms. The molecule has 0 aliphatic carbocycles. The number of alkyl halides is 3. The largest absolute Gasteiger partial charge is 0.463 e. The number of hydrogen-bond donors (Lipinski definition) is 1. The standard InChI is InChI=1S/C22H23F3N4O2/c1-4-31-21-27-20(15-6-5-7-16(13-15)22(23,24)25)29(28-21)18-10-8-17(9-11-18)26-19(30)12-14(2)3/h5-11,13-14H,4,12H2,1-3H3,(H,26,30). The lowest BCUT2D eigenvalue weighted by Crippen LogP contribution is -2.13. The van der Waals surface area contributed by atoms with Gasteiger partial charge in [0.1, 0.15) is 0 Å². The molecule has 0 unspecified atom stereocenters. The second-order valence-electron chi connectivity index (χ2n) is 7.33. The molecule has 164 valence electrons. The molecule has 3 aromatic rings. The van der Waals surface area contributed by atoms with Crippen molar-refractivity contribution < 1.29 is 22.7 Å². The zero-order valence-corrected chi connectivity index (χ0v) is 17.4. The summed E-state index contributed by atoms with van der Waals surface area (Å²) in [5, 5.41) is 7.10. The van der Waals surface area contributed by atoms with Crippen LogP contribution < -0.4 is 10.1 Å². The Balaban J connectivity index is 1.95.